The Balaban J connectivity index is 1.66. The monoisotopic (exact) mass is 225 g/mol. The van der Waals surface area contributed by atoms with E-state index in [4.69, 9.17) is 10.5 Å². The normalized spacial score (nSPS) is 23.1. The molecule has 1 aromatic rings. The van der Waals surface area contributed by atoms with Gasteiger partial charge in [0.05, 0.1) is 6.10 Å². The van der Waals surface area contributed by atoms with Gasteiger partial charge in [-0.25, -0.2) is 0 Å². The van der Waals surface area contributed by atoms with Crippen LogP contribution in [0.2, 0.25) is 0 Å². The minimum Gasteiger partial charge on any atom is -0.378 e. The molecule has 0 radical (unpaired) electrons. The zero-order chi connectivity index (χ0) is 10.5. The van der Waals surface area contributed by atoms with Crippen molar-refractivity contribution in [3.8, 4) is 0 Å². The number of nitrogens with two attached hydrogens (primary N) is 1. The molecule has 2 rings (SSSR count). The Kier molecular flexibility index (Phi) is 4.18. The first-order valence-corrected chi connectivity index (χ1v) is 6.67. The van der Waals surface area contributed by atoms with Gasteiger partial charge < -0.3 is 10.5 Å². The summed E-state index contributed by atoms with van der Waals surface area (Å²) in [5.74, 6) is 0. The topological polar surface area (TPSA) is 35.2 Å². The smallest absolute Gasteiger partial charge is 0.0576 e. The first kappa shape index (κ1) is 11.1. The minimum absolute atomic E-state index is 0.295. The van der Waals surface area contributed by atoms with Crippen molar-refractivity contribution in [1.29, 1.82) is 0 Å². The highest BCUT2D eigenvalue weighted by Crippen LogP contribution is 2.18. The maximum atomic E-state index is 6.09. The molecule has 2 atom stereocenters. The van der Waals surface area contributed by atoms with E-state index in [9.17, 15) is 0 Å². The minimum atomic E-state index is 0.295. The molecule has 1 fully saturated rings. The lowest BCUT2D eigenvalue weighted by molar-refractivity contribution is 0.101. The molecule has 1 aliphatic rings. The maximum absolute atomic E-state index is 6.09. The third-order valence-electron chi connectivity index (χ3n) is 2.96. The summed E-state index contributed by atoms with van der Waals surface area (Å²) in [4.78, 5) is 0. The van der Waals surface area contributed by atoms with E-state index in [0.29, 0.717) is 12.1 Å². The number of hydrogen-bond acceptors (Lipinski definition) is 3. The van der Waals surface area contributed by atoms with Crippen molar-refractivity contribution in [2.75, 3.05) is 6.61 Å². The molecule has 2 heterocycles. The van der Waals surface area contributed by atoms with Gasteiger partial charge in [0.2, 0.25) is 0 Å². The van der Waals surface area contributed by atoms with Crippen molar-refractivity contribution < 1.29 is 4.74 Å². The van der Waals surface area contributed by atoms with E-state index in [0.717, 1.165) is 25.9 Å². The van der Waals surface area contributed by atoms with Crippen LogP contribution in [0.4, 0.5) is 0 Å². The summed E-state index contributed by atoms with van der Waals surface area (Å²) in [5.41, 5.74) is 7.47. The highest BCUT2D eigenvalue weighted by molar-refractivity contribution is 7.07. The Morgan fingerprint density at radius 1 is 1.60 bits per heavy atom. The van der Waals surface area contributed by atoms with Gasteiger partial charge in [0.1, 0.15) is 0 Å². The largest absolute Gasteiger partial charge is 0.378 e. The van der Waals surface area contributed by atoms with Crippen molar-refractivity contribution in [1.82, 2.24) is 0 Å². The van der Waals surface area contributed by atoms with E-state index in [1.165, 1.54) is 18.4 Å². The van der Waals surface area contributed by atoms with Crippen LogP contribution in [0.25, 0.3) is 0 Å². The molecule has 1 aromatic heterocycles. The van der Waals surface area contributed by atoms with Crippen LogP contribution in [-0.4, -0.2) is 18.8 Å². The summed E-state index contributed by atoms with van der Waals surface area (Å²) in [5, 5.41) is 4.30. The van der Waals surface area contributed by atoms with Gasteiger partial charge in [-0.1, -0.05) is 0 Å². The van der Waals surface area contributed by atoms with Crippen molar-refractivity contribution >= 4 is 11.3 Å². The number of thiophene rings is 1. The third kappa shape index (κ3) is 3.59. The molecule has 15 heavy (non-hydrogen) atoms. The van der Waals surface area contributed by atoms with Crippen LogP contribution in [0.3, 0.4) is 0 Å². The molecule has 0 bridgehead atoms. The summed E-state index contributed by atoms with van der Waals surface area (Å²) in [6.07, 6.45) is 6.16. The SMILES string of the molecule is NC(CCC1CCCO1)Cc1ccsc1. The van der Waals surface area contributed by atoms with Gasteiger partial charge >= 0.3 is 0 Å². The predicted molar refractivity (Wildman–Crippen MR) is 64.2 cm³/mol. The molecular weight excluding hydrogens is 206 g/mol. The number of hydrogen-bond donors (Lipinski definition) is 1. The van der Waals surface area contributed by atoms with Gasteiger partial charge in [-0.05, 0) is 54.5 Å². The van der Waals surface area contributed by atoms with Gasteiger partial charge in [0, 0.05) is 12.6 Å². The molecule has 0 saturated carbocycles. The van der Waals surface area contributed by atoms with Gasteiger partial charge in [0.15, 0.2) is 0 Å². The average molecular weight is 225 g/mol. The third-order valence-corrected chi connectivity index (χ3v) is 3.69. The molecule has 0 aliphatic carbocycles. The molecule has 84 valence electrons. The number of rotatable bonds is 5. The highest BCUT2D eigenvalue weighted by Gasteiger charge is 2.16. The molecule has 2 N–H and O–H groups in total. The molecule has 1 saturated heterocycles. The fourth-order valence-corrected chi connectivity index (χ4v) is 2.77. The van der Waals surface area contributed by atoms with E-state index in [2.05, 4.69) is 16.8 Å². The molecule has 0 amide bonds. The Hall–Kier alpha value is -0.380. The highest BCUT2D eigenvalue weighted by atomic mass is 32.1. The summed E-state index contributed by atoms with van der Waals surface area (Å²) in [6, 6.07) is 2.46. The lowest BCUT2D eigenvalue weighted by Crippen LogP contribution is -2.24. The summed E-state index contributed by atoms with van der Waals surface area (Å²) < 4.78 is 5.59. The van der Waals surface area contributed by atoms with Gasteiger partial charge in [0.25, 0.3) is 0 Å². The zero-order valence-corrected chi connectivity index (χ0v) is 9.84. The fraction of sp³-hybridized carbons (Fsp3) is 0.667. The molecular formula is C12H19NOS. The lowest BCUT2D eigenvalue weighted by atomic mass is 10.0. The molecule has 2 unspecified atom stereocenters. The van der Waals surface area contributed by atoms with Crippen LogP contribution < -0.4 is 5.73 Å². The standard InChI is InChI=1S/C12H19NOS/c13-11(8-10-5-7-15-9-10)3-4-12-2-1-6-14-12/h5,7,9,11-12H,1-4,6,8,13H2. The summed E-state index contributed by atoms with van der Waals surface area (Å²) >= 11 is 1.74. The van der Waals surface area contributed by atoms with Crippen LogP contribution in [-0.2, 0) is 11.2 Å². The second-order valence-corrected chi connectivity index (χ2v) is 5.09. The Labute approximate surface area is 95.4 Å². The molecule has 0 spiro atoms. The van der Waals surface area contributed by atoms with Crippen molar-refractivity contribution in [3.05, 3.63) is 22.4 Å². The summed E-state index contributed by atoms with van der Waals surface area (Å²) in [6.45, 7) is 0.949. The average Bonchev–Trinajstić information content (AvgIpc) is 2.86. The van der Waals surface area contributed by atoms with Crippen molar-refractivity contribution in [2.45, 2.75) is 44.2 Å². The quantitative estimate of drug-likeness (QED) is 0.836. The van der Waals surface area contributed by atoms with Crippen molar-refractivity contribution in [3.63, 3.8) is 0 Å². The zero-order valence-electron chi connectivity index (χ0n) is 9.02. The van der Waals surface area contributed by atoms with Gasteiger partial charge in [-0.3, -0.25) is 0 Å². The fourth-order valence-electron chi connectivity index (χ4n) is 2.09. The van der Waals surface area contributed by atoms with E-state index in [-0.39, 0.29) is 0 Å². The molecule has 2 nitrogen and oxygen atoms in total. The van der Waals surface area contributed by atoms with Crippen LogP contribution >= 0.6 is 11.3 Å². The van der Waals surface area contributed by atoms with Crippen LogP contribution in [0.1, 0.15) is 31.2 Å². The lowest BCUT2D eigenvalue weighted by Gasteiger charge is -2.13. The number of ether oxygens (including phenoxy) is 1. The molecule has 0 aromatic carbocycles. The molecule has 1 aliphatic heterocycles. The second kappa shape index (κ2) is 5.64. The van der Waals surface area contributed by atoms with Crippen LogP contribution in [0.5, 0.6) is 0 Å². The Bertz CT molecular complexity index is 267. The first-order chi connectivity index (χ1) is 7.34. The Morgan fingerprint density at radius 3 is 3.20 bits per heavy atom. The van der Waals surface area contributed by atoms with E-state index in [1.54, 1.807) is 11.3 Å². The van der Waals surface area contributed by atoms with Crippen molar-refractivity contribution in [2.24, 2.45) is 5.73 Å². The maximum Gasteiger partial charge on any atom is 0.0576 e. The molecule has 3 heteroatoms. The van der Waals surface area contributed by atoms with E-state index in [1.807, 2.05) is 0 Å². The first-order valence-electron chi connectivity index (χ1n) is 5.73. The van der Waals surface area contributed by atoms with E-state index >= 15 is 0 Å². The Morgan fingerprint density at radius 2 is 2.53 bits per heavy atom. The van der Waals surface area contributed by atoms with Crippen LogP contribution in [0.15, 0.2) is 16.8 Å². The van der Waals surface area contributed by atoms with E-state index < -0.39 is 0 Å². The van der Waals surface area contributed by atoms with Gasteiger partial charge in [-0.15, -0.1) is 0 Å². The van der Waals surface area contributed by atoms with Gasteiger partial charge in [-0.2, -0.15) is 11.3 Å². The predicted octanol–water partition coefficient (Wildman–Crippen LogP) is 2.58. The van der Waals surface area contributed by atoms with Crippen LogP contribution in [0, 0.1) is 0 Å². The second-order valence-electron chi connectivity index (χ2n) is 4.31. The summed E-state index contributed by atoms with van der Waals surface area (Å²) in [7, 11) is 0.